The Kier molecular flexibility index (Phi) is 6.59. The number of primary amides is 1. The van der Waals surface area contributed by atoms with Crippen LogP contribution in [0.1, 0.15) is 53.7 Å². The van der Waals surface area contributed by atoms with E-state index in [4.69, 9.17) is 28.9 Å². The van der Waals surface area contributed by atoms with Gasteiger partial charge in [-0.2, -0.15) is 13.2 Å². The molecule has 0 bridgehead atoms. The van der Waals surface area contributed by atoms with E-state index >= 15 is 0 Å². The van der Waals surface area contributed by atoms with Crippen LogP contribution < -0.4 is 10.6 Å². The van der Waals surface area contributed by atoms with Gasteiger partial charge in [-0.1, -0.05) is 43.1 Å². The van der Waals surface area contributed by atoms with Crippen molar-refractivity contribution in [3.63, 3.8) is 0 Å². The number of hydrogen-bond donors (Lipinski definition) is 2. The number of alkyl halides is 3. The van der Waals surface area contributed by atoms with Crippen LogP contribution in [0.5, 0.6) is 0 Å². The lowest BCUT2D eigenvalue weighted by Gasteiger charge is -2.46. The molecular formula is C24H24Cl2F3N3O3. The summed E-state index contributed by atoms with van der Waals surface area (Å²) in [5.74, 6) is -2.05. The van der Waals surface area contributed by atoms with E-state index in [-0.39, 0.29) is 27.3 Å². The molecule has 2 aromatic rings. The number of hydrogen-bond acceptors (Lipinski definition) is 4. The number of nitrogens with two attached hydrogens (primary N) is 1. The zero-order chi connectivity index (χ0) is 25.9. The maximum absolute atomic E-state index is 14.3. The zero-order valence-corrected chi connectivity index (χ0v) is 20.5. The molecule has 0 radical (unpaired) electrons. The van der Waals surface area contributed by atoms with Crippen LogP contribution in [-0.2, 0) is 16.6 Å². The Morgan fingerprint density at radius 1 is 1.20 bits per heavy atom. The van der Waals surface area contributed by atoms with Gasteiger partial charge in [0.25, 0.3) is 5.91 Å². The van der Waals surface area contributed by atoms with Gasteiger partial charge in [-0.3, -0.25) is 9.59 Å². The summed E-state index contributed by atoms with van der Waals surface area (Å²) in [6, 6.07) is 5.18. The van der Waals surface area contributed by atoms with E-state index in [1.807, 2.05) is 13.8 Å². The number of amides is 2. The molecule has 6 nitrogen and oxygen atoms in total. The van der Waals surface area contributed by atoms with Gasteiger partial charge in [-0.05, 0) is 50.2 Å². The van der Waals surface area contributed by atoms with Gasteiger partial charge in [0, 0.05) is 38.8 Å². The van der Waals surface area contributed by atoms with Crippen LogP contribution in [0.25, 0.3) is 0 Å². The number of carbonyl (C=O) groups is 2. The fourth-order valence-corrected chi connectivity index (χ4v) is 5.70. The normalized spacial score (nSPS) is 24.0. The highest BCUT2D eigenvalue weighted by Gasteiger charge is 2.59. The van der Waals surface area contributed by atoms with Crippen LogP contribution in [0.3, 0.4) is 0 Å². The number of rotatable bonds is 6. The maximum atomic E-state index is 14.3. The third-order valence-electron chi connectivity index (χ3n) is 6.96. The van der Waals surface area contributed by atoms with Crippen molar-refractivity contribution < 1.29 is 27.9 Å². The summed E-state index contributed by atoms with van der Waals surface area (Å²) in [6.45, 7) is 5.58. The Morgan fingerprint density at radius 2 is 1.83 bits per heavy atom. The summed E-state index contributed by atoms with van der Waals surface area (Å²) >= 11 is 12.2. The van der Waals surface area contributed by atoms with Gasteiger partial charge in [0.05, 0.1) is 11.3 Å². The van der Waals surface area contributed by atoms with Crippen molar-refractivity contribution in [3.8, 4) is 0 Å². The van der Waals surface area contributed by atoms with Crippen molar-refractivity contribution in [3.05, 3.63) is 62.6 Å². The molecule has 1 aliphatic heterocycles. The van der Waals surface area contributed by atoms with Gasteiger partial charge in [-0.25, -0.2) is 0 Å². The Hall–Kier alpha value is -2.33. The lowest BCUT2D eigenvalue weighted by atomic mass is 9.83. The molecule has 3 N–H and O–H groups in total. The van der Waals surface area contributed by atoms with Crippen LogP contribution in [0.15, 0.2) is 30.3 Å². The molecule has 4 rings (SSSR count). The largest absolute Gasteiger partial charge is 0.416 e. The first-order chi connectivity index (χ1) is 16.3. The first kappa shape index (κ1) is 25.8. The summed E-state index contributed by atoms with van der Waals surface area (Å²) in [7, 11) is 0. The minimum atomic E-state index is -5.00. The molecule has 35 heavy (non-hydrogen) atoms. The second kappa shape index (κ2) is 8.96. The molecule has 0 spiro atoms. The molecule has 1 unspecified atom stereocenters. The first-order valence-corrected chi connectivity index (χ1v) is 11.9. The third-order valence-corrected chi connectivity index (χ3v) is 7.51. The fourth-order valence-electron chi connectivity index (χ4n) is 5.16. The molecule has 0 saturated heterocycles. The van der Waals surface area contributed by atoms with Gasteiger partial charge in [0.15, 0.2) is 5.60 Å². The molecule has 1 fully saturated rings. The van der Waals surface area contributed by atoms with Crippen LogP contribution in [0, 0.1) is 0 Å². The SMILES string of the molecule is CCN(CC)C1CC(N2C(=O)C(O)(c3ccc(Cl)cc3Cl)c3c2cc(C(N)=O)cc3C(F)(F)F)C1. The van der Waals surface area contributed by atoms with Gasteiger partial charge in [-0.15, -0.1) is 0 Å². The van der Waals surface area contributed by atoms with Crippen molar-refractivity contribution >= 4 is 40.7 Å². The molecule has 1 atom stereocenters. The summed E-state index contributed by atoms with van der Waals surface area (Å²) in [4.78, 5) is 29.1. The minimum absolute atomic E-state index is 0.139. The maximum Gasteiger partial charge on any atom is 0.416 e. The Bertz CT molecular complexity index is 1200. The van der Waals surface area contributed by atoms with Crippen molar-refractivity contribution in [1.29, 1.82) is 0 Å². The molecule has 1 saturated carbocycles. The number of carbonyl (C=O) groups excluding carboxylic acids is 2. The van der Waals surface area contributed by atoms with E-state index in [0.29, 0.717) is 18.9 Å². The molecule has 2 amide bonds. The third kappa shape index (κ3) is 4.08. The molecule has 2 aliphatic rings. The van der Waals surface area contributed by atoms with Crippen LogP contribution in [0.2, 0.25) is 10.0 Å². The number of fused-ring (bicyclic) bond motifs is 1. The topological polar surface area (TPSA) is 86.9 Å². The first-order valence-electron chi connectivity index (χ1n) is 11.2. The molecule has 0 aromatic heterocycles. The lowest BCUT2D eigenvalue weighted by Crippen LogP contribution is -2.56. The summed E-state index contributed by atoms with van der Waals surface area (Å²) < 4.78 is 42.8. The highest BCUT2D eigenvalue weighted by molar-refractivity contribution is 6.35. The van der Waals surface area contributed by atoms with Crippen LogP contribution in [-0.4, -0.2) is 47.0 Å². The standard InChI is InChI=1S/C24H24Cl2F3N3O3/c1-3-31(4-2)14-10-15(11-14)32-19-8-12(21(30)33)7-17(24(27,28)29)20(19)23(35,22(32)34)16-6-5-13(25)9-18(16)26/h5-9,14-15,35H,3-4,10-11H2,1-2H3,(H2,30,33). The monoisotopic (exact) mass is 529 g/mol. The fraction of sp³-hybridized carbons (Fsp3) is 0.417. The van der Waals surface area contributed by atoms with E-state index < -0.39 is 46.3 Å². The molecular weight excluding hydrogens is 506 g/mol. The lowest BCUT2D eigenvalue weighted by molar-refractivity contribution is -0.142. The Morgan fingerprint density at radius 3 is 2.34 bits per heavy atom. The quantitative estimate of drug-likeness (QED) is 0.573. The summed E-state index contributed by atoms with van der Waals surface area (Å²) in [5.41, 5.74) is -0.253. The molecule has 2 aromatic carbocycles. The highest BCUT2D eigenvalue weighted by Crippen LogP contribution is 2.54. The highest BCUT2D eigenvalue weighted by atomic mass is 35.5. The number of benzene rings is 2. The zero-order valence-electron chi connectivity index (χ0n) is 19.0. The van der Waals surface area contributed by atoms with Gasteiger partial charge < -0.3 is 20.6 Å². The molecule has 1 aliphatic carbocycles. The number of nitrogens with zero attached hydrogens (tertiary/aromatic N) is 2. The van der Waals surface area contributed by atoms with E-state index in [9.17, 15) is 27.9 Å². The van der Waals surface area contributed by atoms with E-state index in [1.165, 1.54) is 23.1 Å². The van der Waals surface area contributed by atoms with E-state index in [0.717, 1.165) is 19.2 Å². The average Bonchev–Trinajstić information content (AvgIpc) is 2.96. The minimum Gasteiger partial charge on any atom is -0.372 e. The predicted octanol–water partition coefficient (Wildman–Crippen LogP) is 4.57. The molecule has 1 heterocycles. The van der Waals surface area contributed by atoms with Crippen molar-refractivity contribution in [2.45, 2.75) is 50.6 Å². The van der Waals surface area contributed by atoms with Gasteiger partial charge >= 0.3 is 6.18 Å². The van der Waals surface area contributed by atoms with Gasteiger partial charge in [0.1, 0.15) is 0 Å². The summed E-state index contributed by atoms with van der Waals surface area (Å²) in [6.07, 6.45) is -4.00. The second-order valence-corrected chi connectivity index (χ2v) is 9.63. The van der Waals surface area contributed by atoms with Crippen molar-refractivity contribution in [1.82, 2.24) is 4.90 Å². The summed E-state index contributed by atoms with van der Waals surface area (Å²) in [5, 5.41) is 11.8. The van der Waals surface area contributed by atoms with Crippen LogP contribution in [0.4, 0.5) is 18.9 Å². The van der Waals surface area contributed by atoms with E-state index in [1.54, 1.807) is 0 Å². The number of halogens is 5. The Labute approximate surface area is 210 Å². The second-order valence-electron chi connectivity index (χ2n) is 8.79. The number of aliphatic hydroxyl groups is 1. The molecule has 11 heteroatoms. The van der Waals surface area contributed by atoms with Crippen LogP contribution >= 0.6 is 23.2 Å². The predicted molar refractivity (Wildman–Crippen MR) is 127 cm³/mol. The van der Waals surface area contributed by atoms with Crippen molar-refractivity contribution in [2.75, 3.05) is 18.0 Å². The number of anilines is 1. The Balaban J connectivity index is 1.94. The average molecular weight is 530 g/mol. The van der Waals surface area contributed by atoms with E-state index in [2.05, 4.69) is 4.90 Å². The molecule has 188 valence electrons. The van der Waals surface area contributed by atoms with Crippen molar-refractivity contribution in [2.24, 2.45) is 5.73 Å². The van der Waals surface area contributed by atoms with Gasteiger partial charge in [0.2, 0.25) is 5.91 Å². The smallest absolute Gasteiger partial charge is 0.372 e.